The van der Waals surface area contributed by atoms with E-state index in [2.05, 4.69) is 0 Å². The van der Waals surface area contributed by atoms with Gasteiger partial charge in [0, 0.05) is 25.4 Å². The molecule has 0 spiro atoms. The van der Waals surface area contributed by atoms with Gasteiger partial charge in [-0.15, -0.1) is 11.3 Å². The van der Waals surface area contributed by atoms with Gasteiger partial charge in [-0.3, -0.25) is 0 Å². The van der Waals surface area contributed by atoms with Gasteiger partial charge >= 0.3 is 12.1 Å². The van der Waals surface area contributed by atoms with Crippen molar-refractivity contribution in [3.8, 4) is 17.6 Å². The standard InChI is InChI=1S/C19H18N2O5S/c1-21(2)19(24)26-17-11-13(5-6-16(17)22)10-14(12-20)18(23)25-8-7-15-4-3-9-27-15/h3-6,9-11,22H,7-8H2,1-2H3. The van der Waals surface area contributed by atoms with Gasteiger partial charge in [-0.25, -0.2) is 9.59 Å². The highest BCUT2D eigenvalue weighted by atomic mass is 32.1. The van der Waals surface area contributed by atoms with Gasteiger partial charge in [0.25, 0.3) is 0 Å². The van der Waals surface area contributed by atoms with Gasteiger partial charge in [-0.2, -0.15) is 5.26 Å². The predicted octanol–water partition coefficient (Wildman–Crippen LogP) is 3.21. The van der Waals surface area contributed by atoms with Crippen LogP contribution in [-0.4, -0.2) is 42.8 Å². The maximum atomic E-state index is 12.1. The topological polar surface area (TPSA) is 99.9 Å². The van der Waals surface area contributed by atoms with Gasteiger partial charge in [0.05, 0.1) is 6.61 Å². The minimum absolute atomic E-state index is 0.0780. The monoisotopic (exact) mass is 386 g/mol. The van der Waals surface area contributed by atoms with Gasteiger partial charge in [-0.05, 0) is 35.2 Å². The van der Waals surface area contributed by atoms with E-state index in [4.69, 9.17) is 9.47 Å². The molecule has 1 aromatic carbocycles. The highest BCUT2D eigenvalue weighted by Crippen LogP contribution is 2.28. The quantitative estimate of drug-likeness (QED) is 0.465. The third-order valence-corrected chi connectivity index (χ3v) is 4.30. The van der Waals surface area contributed by atoms with E-state index < -0.39 is 12.1 Å². The van der Waals surface area contributed by atoms with Crippen molar-refractivity contribution < 1.29 is 24.2 Å². The third-order valence-electron chi connectivity index (χ3n) is 3.36. The van der Waals surface area contributed by atoms with Crippen molar-refractivity contribution >= 4 is 29.5 Å². The fraction of sp³-hybridized carbons (Fsp3) is 0.211. The molecule has 7 nitrogen and oxygen atoms in total. The SMILES string of the molecule is CN(C)C(=O)Oc1cc(C=C(C#N)C(=O)OCCc2cccs2)ccc1O. The first kappa shape index (κ1) is 20.0. The summed E-state index contributed by atoms with van der Waals surface area (Å²) in [6.07, 6.45) is 1.21. The number of aromatic hydroxyl groups is 1. The average Bonchev–Trinajstić information content (AvgIpc) is 3.15. The van der Waals surface area contributed by atoms with Crippen molar-refractivity contribution in [3.05, 3.63) is 51.7 Å². The van der Waals surface area contributed by atoms with Crippen molar-refractivity contribution in [2.75, 3.05) is 20.7 Å². The van der Waals surface area contributed by atoms with Gasteiger partial charge in [0.15, 0.2) is 11.5 Å². The number of amides is 1. The fourth-order valence-electron chi connectivity index (χ4n) is 1.97. The highest BCUT2D eigenvalue weighted by molar-refractivity contribution is 7.09. The van der Waals surface area contributed by atoms with E-state index in [1.165, 1.54) is 43.3 Å². The summed E-state index contributed by atoms with van der Waals surface area (Å²) in [5.41, 5.74) is 0.206. The minimum Gasteiger partial charge on any atom is -0.504 e. The Morgan fingerprint density at radius 1 is 1.33 bits per heavy atom. The molecule has 27 heavy (non-hydrogen) atoms. The van der Waals surface area contributed by atoms with Crippen LogP contribution < -0.4 is 4.74 Å². The lowest BCUT2D eigenvalue weighted by Crippen LogP contribution is -2.25. The summed E-state index contributed by atoms with van der Waals surface area (Å²) in [5, 5.41) is 21.0. The third kappa shape index (κ3) is 5.87. The number of ether oxygens (including phenoxy) is 2. The molecule has 0 fully saturated rings. The molecule has 0 bridgehead atoms. The van der Waals surface area contributed by atoms with Crippen LogP contribution in [0.2, 0.25) is 0 Å². The van der Waals surface area contributed by atoms with E-state index in [9.17, 15) is 20.0 Å². The second-order valence-corrected chi connectivity index (χ2v) is 6.66. The van der Waals surface area contributed by atoms with E-state index in [1.807, 2.05) is 17.5 Å². The Morgan fingerprint density at radius 3 is 2.74 bits per heavy atom. The largest absolute Gasteiger partial charge is 0.504 e. The summed E-state index contributed by atoms with van der Waals surface area (Å²) in [7, 11) is 3.01. The Bertz CT molecular complexity index is 882. The summed E-state index contributed by atoms with van der Waals surface area (Å²) in [4.78, 5) is 26.0. The molecular formula is C19H18N2O5S. The first-order valence-corrected chi connectivity index (χ1v) is 8.82. The normalized spacial score (nSPS) is 10.8. The summed E-state index contributed by atoms with van der Waals surface area (Å²) < 4.78 is 10.2. The van der Waals surface area contributed by atoms with Crippen molar-refractivity contribution in [3.63, 3.8) is 0 Å². The second kappa shape index (κ2) is 9.40. The maximum Gasteiger partial charge on any atom is 0.414 e. The number of carbonyl (C=O) groups excluding carboxylic acids is 2. The number of rotatable bonds is 6. The van der Waals surface area contributed by atoms with Crippen molar-refractivity contribution in [2.45, 2.75) is 6.42 Å². The zero-order chi connectivity index (χ0) is 19.8. The molecule has 1 heterocycles. The molecule has 1 amide bonds. The molecule has 1 aromatic heterocycles. The van der Waals surface area contributed by atoms with Gasteiger partial charge in [-0.1, -0.05) is 12.1 Å². The molecule has 0 saturated carbocycles. The molecule has 140 valence electrons. The molecule has 0 radical (unpaired) electrons. The van der Waals surface area contributed by atoms with Crippen molar-refractivity contribution in [1.82, 2.24) is 4.90 Å². The predicted molar refractivity (Wildman–Crippen MR) is 100 cm³/mol. The van der Waals surface area contributed by atoms with Crippen LogP contribution in [0.3, 0.4) is 0 Å². The van der Waals surface area contributed by atoms with E-state index in [0.717, 1.165) is 4.88 Å². The number of hydrogen-bond donors (Lipinski definition) is 1. The first-order valence-electron chi connectivity index (χ1n) is 7.94. The lowest BCUT2D eigenvalue weighted by Gasteiger charge is -2.12. The molecule has 1 N–H and O–H groups in total. The van der Waals surface area contributed by atoms with Gasteiger partial charge in [0.1, 0.15) is 11.6 Å². The van der Waals surface area contributed by atoms with Crippen LogP contribution in [0.1, 0.15) is 10.4 Å². The number of benzene rings is 1. The molecular weight excluding hydrogens is 368 g/mol. The lowest BCUT2D eigenvalue weighted by molar-refractivity contribution is -0.138. The van der Waals surface area contributed by atoms with E-state index in [1.54, 1.807) is 17.4 Å². The van der Waals surface area contributed by atoms with Crippen molar-refractivity contribution in [1.29, 1.82) is 5.26 Å². The molecule has 0 aliphatic carbocycles. The van der Waals surface area contributed by atoms with Crippen molar-refractivity contribution in [2.24, 2.45) is 0 Å². The maximum absolute atomic E-state index is 12.1. The first-order chi connectivity index (χ1) is 12.9. The van der Waals surface area contributed by atoms with Crippen LogP contribution in [-0.2, 0) is 16.0 Å². The Hall–Kier alpha value is -3.31. The second-order valence-electron chi connectivity index (χ2n) is 5.62. The summed E-state index contributed by atoms with van der Waals surface area (Å²) in [5.74, 6) is -1.06. The summed E-state index contributed by atoms with van der Waals surface area (Å²) in [6.45, 7) is 0.166. The van der Waals surface area contributed by atoms with E-state index in [-0.39, 0.29) is 23.7 Å². The Kier molecular flexibility index (Phi) is 6.97. The summed E-state index contributed by atoms with van der Waals surface area (Å²) >= 11 is 1.56. The van der Waals surface area contributed by atoms with E-state index in [0.29, 0.717) is 12.0 Å². The molecule has 0 unspecified atom stereocenters. The molecule has 0 aliphatic heterocycles. The van der Waals surface area contributed by atoms with Crippen LogP contribution in [0.4, 0.5) is 4.79 Å². The molecule has 8 heteroatoms. The van der Waals surface area contributed by atoms with Crippen LogP contribution in [0.5, 0.6) is 11.5 Å². The Labute approximate surface area is 160 Å². The van der Waals surface area contributed by atoms with Crippen LogP contribution >= 0.6 is 11.3 Å². The van der Waals surface area contributed by atoms with Crippen LogP contribution in [0.25, 0.3) is 6.08 Å². The molecule has 0 saturated heterocycles. The number of thiophene rings is 1. The Morgan fingerprint density at radius 2 is 2.11 bits per heavy atom. The molecule has 0 atom stereocenters. The number of nitriles is 1. The zero-order valence-electron chi connectivity index (χ0n) is 14.8. The number of esters is 1. The lowest BCUT2D eigenvalue weighted by atomic mass is 10.1. The molecule has 2 aromatic rings. The number of phenolic OH excluding ortho intramolecular Hbond substituents is 1. The fourth-order valence-corrected chi connectivity index (χ4v) is 2.66. The number of hydrogen-bond acceptors (Lipinski definition) is 7. The van der Waals surface area contributed by atoms with Crippen LogP contribution in [0, 0.1) is 11.3 Å². The van der Waals surface area contributed by atoms with Crippen LogP contribution in [0.15, 0.2) is 41.3 Å². The smallest absolute Gasteiger partial charge is 0.414 e. The zero-order valence-corrected chi connectivity index (χ0v) is 15.7. The average molecular weight is 386 g/mol. The molecule has 0 aliphatic rings. The minimum atomic E-state index is -0.742. The number of nitrogens with zero attached hydrogens (tertiary/aromatic N) is 2. The Balaban J connectivity index is 2.08. The van der Waals surface area contributed by atoms with Gasteiger partial charge < -0.3 is 19.5 Å². The van der Waals surface area contributed by atoms with Gasteiger partial charge in [0.2, 0.25) is 0 Å². The summed E-state index contributed by atoms with van der Waals surface area (Å²) in [6, 6.07) is 9.79. The molecule has 2 rings (SSSR count). The number of phenols is 1. The highest BCUT2D eigenvalue weighted by Gasteiger charge is 2.14. The van der Waals surface area contributed by atoms with E-state index >= 15 is 0 Å². The number of carbonyl (C=O) groups is 2.